The van der Waals surface area contributed by atoms with E-state index in [9.17, 15) is 10.1 Å². The predicted molar refractivity (Wildman–Crippen MR) is 71.0 cm³/mol. The van der Waals surface area contributed by atoms with E-state index >= 15 is 0 Å². The summed E-state index contributed by atoms with van der Waals surface area (Å²) in [6, 6.07) is 12.9. The molecular weight excluding hydrogens is 228 g/mol. The van der Waals surface area contributed by atoms with Crippen molar-refractivity contribution in [2.75, 3.05) is 0 Å². The van der Waals surface area contributed by atoms with Gasteiger partial charge < -0.3 is 0 Å². The summed E-state index contributed by atoms with van der Waals surface area (Å²) in [4.78, 5) is 14.4. The van der Waals surface area contributed by atoms with Gasteiger partial charge in [-0.3, -0.25) is 10.1 Å². The van der Waals surface area contributed by atoms with Crippen LogP contribution in [0.4, 0.5) is 5.69 Å². The molecule has 1 aromatic heterocycles. The van der Waals surface area contributed by atoms with Gasteiger partial charge in [-0.25, -0.2) is 4.98 Å². The Labute approximate surface area is 105 Å². The Kier molecular flexibility index (Phi) is 3.48. The highest BCUT2D eigenvalue weighted by atomic mass is 16.6. The molecule has 0 aliphatic heterocycles. The van der Waals surface area contributed by atoms with Gasteiger partial charge in [0, 0.05) is 6.07 Å². The van der Waals surface area contributed by atoms with Crippen LogP contribution in [0, 0.1) is 17.0 Å². The van der Waals surface area contributed by atoms with Crippen molar-refractivity contribution in [2.24, 2.45) is 0 Å². The van der Waals surface area contributed by atoms with E-state index in [-0.39, 0.29) is 5.69 Å². The van der Waals surface area contributed by atoms with E-state index < -0.39 is 4.92 Å². The molecule has 0 amide bonds. The van der Waals surface area contributed by atoms with E-state index in [1.54, 1.807) is 13.0 Å². The van der Waals surface area contributed by atoms with Gasteiger partial charge in [0.05, 0.1) is 10.6 Å². The standard InChI is InChI=1S/C14H12N2O2/c1-11-14(16(17)18)10-9-13(15-11)8-7-12-5-3-2-4-6-12/h2-10H,1H3/b8-7+. The second kappa shape index (κ2) is 5.23. The Balaban J connectivity index is 2.23. The van der Waals surface area contributed by atoms with Crippen LogP contribution in [0.25, 0.3) is 12.2 Å². The Hall–Kier alpha value is -2.49. The van der Waals surface area contributed by atoms with Crippen molar-refractivity contribution in [1.29, 1.82) is 0 Å². The summed E-state index contributed by atoms with van der Waals surface area (Å²) in [5.74, 6) is 0. The number of nitro groups is 1. The first-order chi connectivity index (χ1) is 8.66. The maximum atomic E-state index is 10.7. The average Bonchev–Trinajstić information content (AvgIpc) is 2.37. The molecule has 0 spiro atoms. The third kappa shape index (κ3) is 2.79. The summed E-state index contributed by atoms with van der Waals surface area (Å²) in [6.45, 7) is 1.64. The zero-order chi connectivity index (χ0) is 13.0. The number of pyridine rings is 1. The van der Waals surface area contributed by atoms with Crippen LogP contribution >= 0.6 is 0 Å². The monoisotopic (exact) mass is 240 g/mol. The second-order valence-electron chi connectivity index (χ2n) is 3.84. The number of nitrogens with zero attached hydrogens (tertiary/aromatic N) is 2. The lowest BCUT2D eigenvalue weighted by Gasteiger charge is -1.98. The molecule has 0 radical (unpaired) electrons. The number of hydrogen-bond donors (Lipinski definition) is 0. The largest absolute Gasteiger partial charge is 0.290 e. The van der Waals surface area contributed by atoms with Gasteiger partial charge in [0.25, 0.3) is 5.69 Å². The van der Waals surface area contributed by atoms with Crippen LogP contribution in [-0.2, 0) is 0 Å². The number of aryl methyl sites for hydroxylation is 1. The van der Waals surface area contributed by atoms with E-state index in [2.05, 4.69) is 4.98 Å². The van der Waals surface area contributed by atoms with E-state index in [1.165, 1.54) is 6.07 Å². The normalized spacial score (nSPS) is 10.7. The molecule has 0 bridgehead atoms. The molecule has 0 saturated heterocycles. The summed E-state index contributed by atoms with van der Waals surface area (Å²) >= 11 is 0. The zero-order valence-corrected chi connectivity index (χ0v) is 9.91. The lowest BCUT2D eigenvalue weighted by Crippen LogP contribution is -1.95. The summed E-state index contributed by atoms with van der Waals surface area (Å²) in [5.41, 5.74) is 2.25. The number of rotatable bonds is 3. The third-order valence-electron chi connectivity index (χ3n) is 2.52. The van der Waals surface area contributed by atoms with Crippen LogP contribution in [0.5, 0.6) is 0 Å². The van der Waals surface area contributed by atoms with Crippen LogP contribution in [0.15, 0.2) is 42.5 Å². The van der Waals surface area contributed by atoms with Crippen LogP contribution in [0.2, 0.25) is 0 Å². The van der Waals surface area contributed by atoms with Gasteiger partial charge in [-0.05, 0) is 24.6 Å². The van der Waals surface area contributed by atoms with Crippen molar-refractivity contribution in [2.45, 2.75) is 6.92 Å². The molecule has 90 valence electrons. The Morgan fingerprint density at radius 3 is 2.44 bits per heavy atom. The van der Waals surface area contributed by atoms with E-state index in [1.807, 2.05) is 42.5 Å². The van der Waals surface area contributed by atoms with E-state index in [4.69, 9.17) is 0 Å². The van der Waals surface area contributed by atoms with Gasteiger partial charge >= 0.3 is 0 Å². The minimum absolute atomic E-state index is 0.0480. The lowest BCUT2D eigenvalue weighted by atomic mass is 10.2. The molecule has 1 heterocycles. The summed E-state index contributed by atoms with van der Waals surface area (Å²) in [5, 5.41) is 10.7. The van der Waals surface area contributed by atoms with Gasteiger partial charge in [0.15, 0.2) is 0 Å². The van der Waals surface area contributed by atoms with Crippen molar-refractivity contribution in [3.05, 3.63) is 69.5 Å². The van der Waals surface area contributed by atoms with Crippen molar-refractivity contribution in [3.8, 4) is 0 Å². The molecular formula is C14H12N2O2. The number of aromatic nitrogens is 1. The Morgan fingerprint density at radius 2 is 1.83 bits per heavy atom. The fourth-order valence-corrected chi connectivity index (χ4v) is 1.60. The molecule has 0 unspecified atom stereocenters. The lowest BCUT2D eigenvalue weighted by molar-refractivity contribution is -0.385. The second-order valence-corrected chi connectivity index (χ2v) is 3.84. The highest BCUT2D eigenvalue weighted by Crippen LogP contribution is 2.16. The molecule has 0 atom stereocenters. The van der Waals surface area contributed by atoms with Gasteiger partial charge in [0.2, 0.25) is 0 Å². The molecule has 2 aromatic rings. The molecule has 18 heavy (non-hydrogen) atoms. The molecule has 0 saturated carbocycles. The minimum Gasteiger partial charge on any atom is -0.258 e. The smallest absolute Gasteiger partial charge is 0.258 e. The van der Waals surface area contributed by atoms with Crippen molar-refractivity contribution in [3.63, 3.8) is 0 Å². The molecule has 0 aliphatic rings. The van der Waals surface area contributed by atoms with Crippen LogP contribution in [0.3, 0.4) is 0 Å². The molecule has 4 nitrogen and oxygen atoms in total. The SMILES string of the molecule is Cc1nc(/C=C/c2ccccc2)ccc1[N+](=O)[O-]. The number of hydrogen-bond acceptors (Lipinski definition) is 3. The van der Waals surface area contributed by atoms with Gasteiger partial charge in [-0.15, -0.1) is 0 Å². The predicted octanol–water partition coefficient (Wildman–Crippen LogP) is 3.47. The van der Waals surface area contributed by atoms with Gasteiger partial charge in [0.1, 0.15) is 5.69 Å². The third-order valence-corrected chi connectivity index (χ3v) is 2.52. The first-order valence-electron chi connectivity index (χ1n) is 5.52. The first-order valence-corrected chi connectivity index (χ1v) is 5.52. The Bertz CT molecular complexity index is 592. The van der Waals surface area contributed by atoms with Gasteiger partial charge in [-0.2, -0.15) is 0 Å². The van der Waals surface area contributed by atoms with Crippen LogP contribution in [-0.4, -0.2) is 9.91 Å². The average molecular weight is 240 g/mol. The molecule has 1 aromatic carbocycles. The summed E-state index contributed by atoms with van der Waals surface area (Å²) in [6.07, 6.45) is 3.76. The van der Waals surface area contributed by atoms with Gasteiger partial charge in [-0.1, -0.05) is 36.4 Å². The topological polar surface area (TPSA) is 56.0 Å². The molecule has 0 aliphatic carbocycles. The molecule has 0 N–H and O–H groups in total. The minimum atomic E-state index is -0.424. The molecule has 4 heteroatoms. The number of benzene rings is 1. The highest BCUT2D eigenvalue weighted by molar-refractivity contribution is 5.68. The van der Waals surface area contributed by atoms with E-state index in [0.29, 0.717) is 11.4 Å². The quantitative estimate of drug-likeness (QED) is 0.609. The fourth-order valence-electron chi connectivity index (χ4n) is 1.60. The first kappa shape index (κ1) is 12.0. The zero-order valence-electron chi connectivity index (χ0n) is 9.91. The van der Waals surface area contributed by atoms with Crippen molar-refractivity contribution >= 4 is 17.8 Å². The molecule has 2 rings (SSSR count). The Morgan fingerprint density at radius 1 is 1.11 bits per heavy atom. The maximum Gasteiger partial charge on any atom is 0.290 e. The van der Waals surface area contributed by atoms with Crippen LogP contribution < -0.4 is 0 Å². The summed E-state index contributed by atoms with van der Waals surface area (Å²) in [7, 11) is 0. The van der Waals surface area contributed by atoms with Crippen molar-refractivity contribution in [1.82, 2.24) is 4.98 Å². The van der Waals surface area contributed by atoms with Crippen molar-refractivity contribution < 1.29 is 4.92 Å². The highest BCUT2D eigenvalue weighted by Gasteiger charge is 2.10. The fraction of sp³-hybridized carbons (Fsp3) is 0.0714. The van der Waals surface area contributed by atoms with E-state index in [0.717, 1.165) is 5.56 Å². The van der Waals surface area contributed by atoms with Crippen LogP contribution in [0.1, 0.15) is 17.0 Å². The molecule has 0 fully saturated rings. The maximum absolute atomic E-state index is 10.7. The summed E-state index contributed by atoms with van der Waals surface area (Å²) < 4.78 is 0.